The summed E-state index contributed by atoms with van der Waals surface area (Å²) in [5.41, 5.74) is 2.42. The third kappa shape index (κ3) is 7.25. The van der Waals surface area contributed by atoms with E-state index in [2.05, 4.69) is 62.4 Å². The summed E-state index contributed by atoms with van der Waals surface area (Å²) >= 11 is 1.71. The Morgan fingerprint density at radius 1 is 1.04 bits per heavy atom. The third-order valence-electron chi connectivity index (χ3n) is 4.54. The zero-order chi connectivity index (χ0) is 18.6. The van der Waals surface area contributed by atoms with Gasteiger partial charge >= 0.3 is 5.97 Å². The molecule has 0 heterocycles. The summed E-state index contributed by atoms with van der Waals surface area (Å²) < 4.78 is 5.47. The van der Waals surface area contributed by atoms with E-state index in [-0.39, 0.29) is 5.97 Å². The maximum absolute atomic E-state index is 12.0. The van der Waals surface area contributed by atoms with E-state index in [1.54, 1.807) is 11.8 Å². The molecule has 0 radical (unpaired) electrons. The standard InChI is InChI=1S/C23H30O2S/c1-3-5-10-19(4-2)18-25-23(24)15-16-26-22-14-9-13-21(17-22)20-11-7-6-8-12-20/h6-9,11-14,17,19H,3-5,10,15-16,18H2,1-2H3. The van der Waals surface area contributed by atoms with Gasteiger partial charge in [0.1, 0.15) is 0 Å². The normalized spacial score (nSPS) is 11.9. The van der Waals surface area contributed by atoms with Crippen molar-refractivity contribution >= 4 is 17.7 Å². The first kappa shape index (κ1) is 20.6. The zero-order valence-corrected chi connectivity index (χ0v) is 16.8. The number of benzene rings is 2. The van der Waals surface area contributed by atoms with Gasteiger partial charge in [0.2, 0.25) is 0 Å². The van der Waals surface area contributed by atoms with Gasteiger partial charge in [0.15, 0.2) is 0 Å². The summed E-state index contributed by atoms with van der Waals surface area (Å²) in [7, 11) is 0. The van der Waals surface area contributed by atoms with E-state index in [9.17, 15) is 4.79 Å². The summed E-state index contributed by atoms with van der Waals surface area (Å²) in [6.07, 6.45) is 5.10. The van der Waals surface area contributed by atoms with Gasteiger partial charge in [-0.1, -0.05) is 75.6 Å². The average Bonchev–Trinajstić information content (AvgIpc) is 2.69. The monoisotopic (exact) mass is 370 g/mol. The molecule has 140 valence electrons. The van der Waals surface area contributed by atoms with Crippen LogP contribution in [0, 0.1) is 5.92 Å². The molecule has 0 aromatic heterocycles. The van der Waals surface area contributed by atoms with Crippen LogP contribution in [0.25, 0.3) is 11.1 Å². The number of ether oxygens (including phenoxy) is 1. The van der Waals surface area contributed by atoms with Gasteiger partial charge in [-0.05, 0) is 35.6 Å². The third-order valence-corrected chi connectivity index (χ3v) is 5.53. The Morgan fingerprint density at radius 2 is 1.81 bits per heavy atom. The molecule has 2 nitrogen and oxygen atoms in total. The number of esters is 1. The van der Waals surface area contributed by atoms with E-state index in [1.165, 1.54) is 28.9 Å². The summed E-state index contributed by atoms with van der Waals surface area (Å²) in [6, 6.07) is 18.8. The summed E-state index contributed by atoms with van der Waals surface area (Å²) in [4.78, 5) is 13.2. The highest BCUT2D eigenvalue weighted by molar-refractivity contribution is 7.99. The number of hydrogen-bond acceptors (Lipinski definition) is 3. The molecule has 1 atom stereocenters. The van der Waals surface area contributed by atoms with Gasteiger partial charge in [-0.2, -0.15) is 0 Å². The number of hydrogen-bond donors (Lipinski definition) is 0. The Hall–Kier alpha value is -1.74. The van der Waals surface area contributed by atoms with Crippen LogP contribution in [0.5, 0.6) is 0 Å². The molecular formula is C23H30O2S. The number of thioether (sulfide) groups is 1. The van der Waals surface area contributed by atoms with Crippen LogP contribution in [-0.4, -0.2) is 18.3 Å². The molecule has 0 N–H and O–H groups in total. The van der Waals surface area contributed by atoms with Crippen molar-refractivity contribution in [3.05, 3.63) is 54.6 Å². The Morgan fingerprint density at radius 3 is 2.54 bits per heavy atom. The lowest BCUT2D eigenvalue weighted by molar-refractivity contribution is -0.144. The second kappa shape index (κ2) is 11.8. The van der Waals surface area contributed by atoms with E-state index in [4.69, 9.17) is 4.74 Å². The van der Waals surface area contributed by atoms with Crippen molar-refractivity contribution in [3.63, 3.8) is 0 Å². The first-order valence-corrected chi connectivity index (χ1v) is 10.6. The van der Waals surface area contributed by atoms with Crippen molar-refractivity contribution in [2.24, 2.45) is 5.92 Å². The second-order valence-electron chi connectivity index (χ2n) is 6.59. The molecule has 2 rings (SSSR count). The highest BCUT2D eigenvalue weighted by Crippen LogP contribution is 2.26. The molecule has 3 heteroatoms. The average molecular weight is 371 g/mol. The van der Waals surface area contributed by atoms with Crippen LogP contribution in [0.3, 0.4) is 0 Å². The lowest BCUT2D eigenvalue weighted by atomic mass is 10.0. The molecule has 0 aliphatic carbocycles. The van der Waals surface area contributed by atoms with Crippen molar-refractivity contribution in [2.75, 3.05) is 12.4 Å². The fraction of sp³-hybridized carbons (Fsp3) is 0.435. The van der Waals surface area contributed by atoms with Crippen LogP contribution in [0.2, 0.25) is 0 Å². The SMILES string of the molecule is CCCCC(CC)COC(=O)CCSc1cccc(-c2ccccc2)c1. The van der Waals surface area contributed by atoms with Gasteiger partial charge < -0.3 is 4.74 Å². The number of carbonyl (C=O) groups is 1. The van der Waals surface area contributed by atoms with Crippen molar-refractivity contribution in [3.8, 4) is 11.1 Å². The lowest BCUT2D eigenvalue weighted by Gasteiger charge is -2.14. The predicted molar refractivity (Wildman–Crippen MR) is 111 cm³/mol. The molecule has 0 fully saturated rings. The van der Waals surface area contributed by atoms with Gasteiger partial charge in [0.05, 0.1) is 13.0 Å². The summed E-state index contributed by atoms with van der Waals surface area (Å²) in [5.74, 6) is 1.18. The molecule has 2 aromatic carbocycles. The molecule has 2 aromatic rings. The van der Waals surface area contributed by atoms with Crippen LogP contribution < -0.4 is 0 Å². The maximum Gasteiger partial charge on any atom is 0.306 e. The second-order valence-corrected chi connectivity index (χ2v) is 7.76. The van der Waals surface area contributed by atoms with Gasteiger partial charge in [-0.15, -0.1) is 11.8 Å². The van der Waals surface area contributed by atoms with E-state index >= 15 is 0 Å². The minimum absolute atomic E-state index is 0.0772. The largest absolute Gasteiger partial charge is 0.465 e. The smallest absolute Gasteiger partial charge is 0.306 e. The zero-order valence-electron chi connectivity index (χ0n) is 15.9. The Bertz CT molecular complexity index is 654. The van der Waals surface area contributed by atoms with Crippen molar-refractivity contribution in [1.82, 2.24) is 0 Å². The fourth-order valence-corrected chi connectivity index (χ4v) is 3.72. The Kier molecular flexibility index (Phi) is 9.33. The summed E-state index contributed by atoms with van der Waals surface area (Å²) in [5, 5.41) is 0. The molecule has 0 aliphatic heterocycles. The van der Waals surface area contributed by atoms with Gasteiger partial charge in [-0.3, -0.25) is 4.79 Å². The highest BCUT2D eigenvalue weighted by atomic mass is 32.2. The molecular weight excluding hydrogens is 340 g/mol. The fourth-order valence-electron chi connectivity index (χ4n) is 2.83. The number of unbranched alkanes of at least 4 members (excludes halogenated alkanes) is 1. The molecule has 0 saturated carbocycles. The minimum Gasteiger partial charge on any atom is -0.465 e. The van der Waals surface area contributed by atoms with Gasteiger partial charge in [0, 0.05) is 10.6 Å². The molecule has 1 unspecified atom stereocenters. The van der Waals surface area contributed by atoms with Crippen molar-refractivity contribution in [1.29, 1.82) is 0 Å². The molecule has 0 amide bonds. The van der Waals surface area contributed by atoms with Crippen molar-refractivity contribution in [2.45, 2.75) is 50.8 Å². The molecule has 0 saturated heterocycles. The van der Waals surface area contributed by atoms with Crippen molar-refractivity contribution < 1.29 is 9.53 Å². The molecule has 26 heavy (non-hydrogen) atoms. The first-order valence-electron chi connectivity index (χ1n) is 9.66. The maximum atomic E-state index is 12.0. The molecule has 0 spiro atoms. The van der Waals surface area contributed by atoms with Gasteiger partial charge in [0.25, 0.3) is 0 Å². The van der Waals surface area contributed by atoms with E-state index in [0.29, 0.717) is 18.9 Å². The molecule has 0 aliphatic rings. The predicted octanol–water partition coefficient (Wildman–Crippen LogP) is 6.60. The first-order chi connectivity index (χ1) is 12.7. The topological polar surface area (TPSA) is 26.3 Å². The van der Waals surface area contributed by atoms with Crippen LogP contribution in [0.4, 0.5) is 0 Å². The van der Waals surface area contributed by atoms with E-state index in [1.807, 2.05) is 6.07 Å². The minimum atomic E-state index is -0.0772. The van der Waals surface area contributed by atoms with Crippen LogP contribution in [0.15, 0.2) is 59.5 Å². The van der Waals surface area contributed by atoms with E-state index in [0.717, 1.165) is 18.6 Å². The lowest BCUT2D eigenvalue weighted by Crippen LogP contribution is -2.14. The Labute approximate surface area is 162 Å². The summed E-state index contributed by atoms with van der Waals surface area (Å²) in [6.45, 7) is 4.94. The Balaban J connectivity index is 1.74. The number of carbonyl (C=O) groups excluding carboxylic acids is 1. The van der Waals surface area contributed by atoms with Crippen LogP contribution in [-0.2, 0) is 9.53 Å². The van der Waals surface area contributed by atoms with Gasteiger partial charge in [-0.25, -0.2) is 0 Å². The van der Waals surface area contributed by atoms with Crippen LogP contribution in [0.1, 0.15) is 46.0 Å². The number of rotatable bonds is 11. The highest BCUT2D eigenvalue weighted by Gasteiger charge is 2.10. The van der Waals surface area contributed by atoms with E-state index < -0.39 is 0 Å². The quantitative estimate of drug-likeness (QED) is 0.329. The molecule has 0 bridgehead atoms. The van der Waals surface area contributed by atoms with Crippen LogP contribution >= 0.6 is 11.8 Å².